The van der Waals surface area contributed by atoms with Gasteiger partial charge >= 0.3 is 6.18 Å². The molecule has 0 amide bonds. The number of hydrogen-bond acceptors (Lipinski definition) is 2. The van der Waals surface area contributed by atoms with Crippen molar-refractivity contribution in [2.75, 3.05) is 7.05 Å². The maximum absolute atomic E-state index is 14.5. The van der Waals surface area contributed by atoms with Crippen LogP contribution in [0.2, 0.25) is 0 Å². The summed E-state index contributed by atoms with van der Waals surface area (Å²) in [5.74, 6) is -0.356. The maximum Gasteiger partial charge on any atom is 0.416 e. The third-order valence-electron chi connectivity index (χ3n) is 4.63. The SMILES string of the molecule is CNSc1ccc2c(c1)c(-c1ccccc1F)cn2-c1ccc(C(F)(F)F)cc1. The molecule has 0 saturated carbocycles. The first-order valence-electron chi connectivity index (χ1n) is 8.80. The largest absolute Gasteiger partial charge is 0.416 e. The molecule has 1 heterocycles. The van der Waals surface area contributed by atoms with E-state index in [1.54, 1.807) is 36.0 Å². The van der Waals surface area contributed by atoms with Gasteiger partial charge in [-0.1, -0.05) is 18.2 Å². The fourth-order valence-electron chi connectivity index (χ4n) is 3.31. The number of hydrogen-bond donors (Lipinski definition) is 1. The Balaban J connectivity index is 1.92. The lowest BCUT2D eigenvalue weighted by Gasteiger charge is -2.09. The number of benzene rings is 3. The van der Waals surface area contributed by atoms with Gasteiger partial charge in [-0.15, -0.1) is 0 Å². The highest BCUT2D eigenvalue weighted by atomic mass is 32.2. The van der Waals surface area contributed by atoms with Crippen molar-refractivity contribution in [1.29, 1.82) is 0 Å². The van der Waals surface area contributed by atoms with E-state index in [2.05, 4.69) is 4.72 Å². The number of aromatic nitrogens is 1. The van der Waals surface area contributed by atoms with Crippen LogP contribution in [0.25, 0.3) is 27.7 Å². The number of fused-ring (bicyclic) bond motifs is 1. The van der Waals surface area contributed by atoms with E-state index in [1.165, 1.54) is 30.1 Å². The lowest BCUT2D eigenvalue weighted by molar-refractivity contribution is -0.137. The van der Waals surface area contributed by atoms with Gasteiger partial charge in [0.1, 0.15) is 5.82 Å². The highest BCUT2D eigenvalue weighted by Gasteiger charge is 2.30. The standard InChI is InChI=1S/C22H16F4N2S/c1-27-29-16-10-11-21-18(12-16)19(17-4-2-3-5-20(17)23)13-28(21)15-8-6-14(7-9-15)22(24,25)26/h2-13,27H,1H3. The summed E-state index contributed by atoms with van der Waals surface area (Å²) in [5.41, 5.74) is 1.76. The lowest BCUT2D eigenvalue weighted by Crippen LogP contribution is -2.04. The maximum atomic E-state index is 14.5. The van der Waals surface area contributed by atoms with Crippen molar-refractivity contribution in [3.63, 3.8) is 0 Å². The van der Waals surface area contributed by atoms with Gasteiger partial charge in [-0.2, -0.15) is 13.2 Å². The number of rotatable bonds is 4. The molecule has 0 aliphatic carbocycles. The quantitative estimate of drug-likeness (QED) is 0.295. The number of nitrogens with zero attached hydrogens (tertiary/aromatic N) is 1. The van der Waals surface area contributed by atoms with Crippen molar-refractivity contribution in [2.45, 2.75) is 11.1 Å². The third-order valence-corrected chi connectivity index (χ3v) is 5.33. The van der Waals surface area contributed by atoms with Crippen LogP contribution in [-0.4, -0.2) is 11.6 Å². The van der Waals surface area contributed by atoms with E-state index in [-0.39, 0.29) is 5.82 Å². The Hall–Kier alpha value is -2.77. The molecule has 0 aliphatic heterocycles. The molecule has 4 rings (SSSR count). The predicted molar refractivity (Wildman–Crippen MR) is 109 cm³/mol. The molecule has 0 atom stereocenters. The minimum atomic E-state index is -4.39. The molecule has 0 radical (unpaired) electrons. The zero-order valence-electron chi connectivity index (χ0n) is 15.3. The third kappa shape index (κ3) is 3.75. The van der Waals surface area contributed by atoms with E-state index in [4.69, 9.17) is 0 Å². The Kier molecular flexibility index (Phi) is 5.10. The molecule has 2 nitrogen and oxygen atoms in total. The molecule has 4 aromatic rings. The second-order valence-corrected chi connectivity index (χ2v) is 7.51. The van der Waals surface area contributed by atoms with Crippen molar-refractivity contribution in [3.05, 3.63) is 84.3 Å². The van der Waals surface area contributed by atoms with Gasteiger partial charge in [0.2, 0.25) is 0 Å². The Morgan fingerprint density at radius 3 is 2.28 bits per heavy atom. The van der Waals surface area contributed by atoms with Crippen molar-refractivity contribution >= 4 is 22.9 Å². The number of alkyl halides is 3. The van der Waals surface area contributed by atoms with Crippen LogP contribution in [0.5, 0.6) is 0 Å². The summed E-state index contributed by atoms with van der Waals surface area (Å²) in [5, 5.41) is 0.815. The molecule has 3 aromatic carbocycles. The van der Waals surface area contributed by atoms with E-state index in [1.807, 2.05) is 18.2 Å². The van der Waals surface area contributed by atoms with Crippen LogP contribution >= 0.6 is 11.9 Å². The first kappa shape index (κ1) is 19.5. The fourth-order valence-corrected chi connectivity index (χ4v) is 3.86. The Morgan fingerprint density at radius 1 is 0.897 bits per heavy atom. The summed E-state index contributed by atoms with van der Waals surface area (Å²) in [7, 11) is 1.81. The molecule has 1 N–H and O–H groups in total. The molecule has 0 aliphatic rings. The van der Waals surface area contributed by atoms with E-state index < -0.39 is 11.7 Å². The minimum absolute atomic E-state index is 0.356. The summed E-state index contributed by atoms with van der Waals surface area (Å²) in [6, 6.07) is 17.1. The van der Waals surface area contributed by atoms with Crippen LogP contribution in [0.3, 0.4) is 0 Å². The van der Waals surface area contributed by atoms with Crippen molar-refractivity contribution in [2.24, 2.45) is 0 Å². The molecule has 0 bridgehead atoms. The molecule has 148 valence electrons. The van der Waals surface area contributed by atoms with Crippen LogP contribution in [0, 0.1) is 5.82 Å². The smallest absolute Gasteiger partial charge is 0.316 e. The van der Waals surface area contributed by atoms with Crippen molar-refractivity contribution in [1.82, 2.24) is 9.29 Å². The summed E-state index contributed by atoms with van der Waals surface area (Å²) < 4.78 is 58.0. The van der Waals surface area contributed by atoms with Crippen LogP contribution in [0.15, 0.2) is 77.8 Å². The molecule has 7 heteroatoms. The molecular formula is C22H16F4N2S. The predicted octanol–water partition coefficient (Wildman–Crippen LogP) is 6.68. The second kappa shape index (κ2) is 7.57. The van der Waals surface area contributed by atoms with E-state index in [9.17, 15) is 17.6 Å². The van der Waals surface area contributed by atoms with Crippen LogP contribution in [-0.2, 0) is 6.18 Å². The summed E-state index contributed by atoms with van der Waals surface area (Å²) in [6.07, 6.45) is -2.63. The van der Waals surface area contributed by atoms with Crippen LogP contribution in [0.4, 0.5) is 17.6 Å². The van der Waals surface area contributed by atoms with Gasteiger partial charge in [-0.3, -0.25) is 4.72 Å². The summed E-state index contributed by atoms with van der Waals surface area (Å²) in [6.45, 7) is 0. The average Bonchev–Trinajstić information content (AvgIpc) is 3.07. The van der Waals surface area contributed by atoms with Crippen molar-refractivity contribution < 1.29 is 17.6 Å². The van der Waals surface area contributed by atoms with Crippen LogP contribution in [0.1, 0.15) is 5.56 Å². The highest BCUT2D eigenvalue weighted by Crippen LogP contribution is 2.36. The highest BCUT2D eigenvalue weighted by molar-refractivity contribution is 7.97. The average molecular weight is 416 g/mol. The molecule has 0 spiro atoms. The fraction of sp³-hybridized carbons (Fsp3) is 0.0909. The van der Waals surface area contributed by atoms with Gasteiger partial charge in [-0.05, 0) is 67.5 Å². The molecule has 0 fully saturated rings. The molecule has 0 saturated heterocycles. The van der Waals surface area contributed by atoms with Crippen LogP contribution < -0.4 is 4.72 Å². The summed E-state index contributed by atoms with van der Waals surface area (Å²) in [4.78, 5) is 0.947. The Bertz CT molecular complexity index is 1160. The first-order chi connectivity index (χ1) is 13.9. The van der Waals surface area contributed by atoms with Gasteiger partial charge in [0, 0.05) is 33.3 Å². The van der Waals surface area contributed by atoms with Crippen molar-refractivity contribution in [3.8, 4) is 16.8 Å². The normalized spacial score (nSPS) is 11.9. The Morgan fingerprint density at radius 2 is 1.62 bits per heavy atom. The Labute approximate surface area is 169 Å². The topological polar surface area (TPSA) is 17.0 Å². The molecule has 1 aromatic heterocycles. The minimum Gasteiger partial charge on any atom is -0.316 e. The zero-order valence-corrected chi connectivity index (χ0v) is 16.1. The van der Waals surface area contributed by atoms with Gasteiger partial charge in [0.25, 0.3) is 0 Å². The molecule has 29 heavy (non-hydrogen) atoms. The molecular weight excluding hydrogens is 400 g/mol. The van der Waals surface area contributed by atoms with Gasteiger partial charge in [-0.25, -0.2) is 4.39 Å². The first-order valence-corrected chi connectivity index (χ1v) is 9.61. The van der Waals surface area contributed by atoms with E-state index in [0.29, 0.717) is 16.8 Å². The number of halogens is 4. The van der Waals surface area contributed by atoms with Gasteiger partial charge in [0.15, 0.2) is 0 Å². The van der Waals surface area contributed by atoms with Gasteiger partial charge < -0.3 is 4.57 Å². The van der Waals surface area contributed by atoms with E-state index >= 15 is 0 Å². The number of nitrogens with one attached hydrogen (secondary N) is 1. The molecule has 0 unspecified atom stereocenters. The monoisotopic (exact) mass is 416 g/mol. The lowest BCUT2D eigenvalue weighted by atomic mass is 10.0. The zero-order chi connectivity index (χ0) is 20.6. The van der Waals surface area contributed by atoms with Gasteiger partial charge in [0.05, 0.1) is 11.1 Å². The summed E-state index contributed by atoms with van der Waals surface area (Å²) >= 11 is 1.43. The van der Waals surface area contributed by atoms with E-state index in [0.717, 1.165) is 27.9 Å². The second-order valence-electron chi connectivity index (χ2n) is 6.42.